The number of aliphatic hydroxyl groups is 4. The van der Waals surface area contributed by atoms with E-state index >= 15 is 0 Å². The van der Waals surface area contributed by atoms with Gasteiger partial charge in [0, 0.05) is 6.21 Å². The molecule has 0 heterocycles. The molecule has 0 bridgehead atoms. The van der Waals surface area contributed by atoms with E-state index in [2.05, 4.69) is 5.10 Å². The van der Waals surface area contributed by atoms with Crippen LogP contribution in [0.2, 0.25) is 0 Å². The fourth-order valence-electron chi connectivity index (χ4n) is 0.751. The van der Waals surface area contributed by atoms with Crippen molar-refractivity contribution >= 4 is 6.21 Å². The van der Waals surface area contributed by atoms with Gasteiger partial charge in [-0.3, -0.25) is 0 Å². The van der Waals surface area contributed by atoms with Crippen LogP contribution in [0.4, 0.5) is 0 Å². The second kappa shape index (κ2) is 5.84. The summed E-state index contributed by atoms with van der Waals surface area (Å²) in [5.74, 6) is 4.76. The lowest BCUT2D eigenvalue weighted by Crippen LogP contribution is -2.50. The minimum Gasteiger partial charge on any atom is -0.394 e. The molecule has 78 valence electrons. The average Bonchev–Trinajstić information content (AvgIpc) is 2.14. The van der Waals surface area contributed by atoms with E-state index in [-0.39, 0.29) is 0 Å². The van der Waals surface area contributed by atoms with E-state index in [9.17, 15) is 5.11 Å². The number of hydrazone groups is 1. The monoisotopic (exact) mass is 193 g/mol. The zero-order valence-electron chi connectivity index (χ0n) is 6.98. The molecule has 4 atom stereocenters. The van der Waals surface area contributed by atoms with Gasteiger partial charge in [-0.15, -0.1) is 0 Å². The minimum atomic E-state index is -1.53. The molecule has 13 heavy (non-hydrogen) atoms. The molecule has 0 aromatic heterocycles. The number of hydrogen-bond acceptors (Lipinski definition) is 7. The average molecular weight is 193 g/mol. The summed E-state index contributed by atoms with van der Waals surface area (Å²) in [4.78, 5) is 0. The number of aliphatic hydroxyl groups excluding tert-OH is 4. The molecule has 7 nitrogen and oxygen atoms in total. The fraction of sp³-hybridized carbons (Fsp3) is 0.833. The lowest BCUT2D eigenvalue weighted by atomic mass is 10.0. The van der Waals surface area contributed by atoms with Crippen molar-refractivity contribution in [3.63, 3.8) is 0 Å². The van der Waals surface area contributed by atoms with Crippen LogP contribution in [0.15, 0.2) is 5.10 Å². The summed E-state index contributed by atoms with van der Waals surface area (Å²) in [5.41, 5.74) is 5.29. The van der Waals surface area contributed by atoms with Crippen LogP contribution >= 0.6 is 0 Å². The van der Waals surface area contributed by atoms with E-state index in [1.807, 2.05) is 0 Å². The molecule has 0 radical (unpaired) electrons. The molecule has 8 N–H and O–H groups in total. The van der Waals surface area contributed by atoms with Crippen molar-refractivity contribution in [3.05, 3.63) is 0 Å². The third kappa shape index (κ3) is 3.66. The molecule has 0 aromatic rings. The Hall–Kier alpha value is -0.730. The number of rotatable bonds is 5. The quantitative estimate of drug-likeness (QED) is 0.151. The van der Waals surface area contributed by atoms with Gasteiger partial charge in [-0.25, -0.2) is 0 Å². The molecule has 0 aliphatic rings. The highest BCUT2D eigenvalue weighted by Crippen LogP contribution is 2.01. The highest BCUT2D eigenvalue weighted by Gasteiger charge is 2.27. The number of hydrogen-bond donors (Lipinski definition) is 6. The first-order valence-corrected chi connectivity index (χ1v) is 3.68. The molecule has 0 aromatic carbocycles. The first-order valence-electron chi connectivity index (χ1n) is 3.68. The van der Waals surface area contributed by atoms with E-state index in [0.29, 0.717) is 0 Å². The summed E-state index contributed by atoms with van der Waals surface area (Å²) in [7, 11) is 0. The van der Waals surface area contributed by atoms with E-state index in [4.69, 9.17) is 26.9 Å². The first-order chi connectivity index (χ1) is 6.04. The molecule has 0 aliphatic heterocycles. The lowest BCUT2D eigenvalue weighted by molar-refractivity contribution is -0.0771. The van der Waals surface area contributed by atoms with Crippen molar-refractivity contribution in [2.45, 2.75) is 24.4 Å². The summed E-state index contributed by atoms with van der Waals surface area (Å²) in [5, 5.41) is 38.8. The van der Waals surface area contributed by atoms with Crippen LogP contribution in [0, 0.1) is 0 Å². The fourth-order valence-corrected chi connectivity index (χ4v) is 0.751. The van der Waals surface area contributed by atoms with Gasteiger partial charge in [0.15, 0.2) is 0 Å². The molecular formula is C6H15N3O4. The van der Waals surface area contributed by atoms with Crippen molar-refractivity contribution in [2.75, 3.05) is 6.61 Å². The summed E-state index contributed by atoms with van der Waals surface area (Å²) in [6.45, 7) is -0.662. The molecular weight excluding hydrogens is 178 g/mol. The Morgan fingerprint density at radius 2 is 1.77 bits per heavy atom. The van der Waals surface area contributed by atoms with Crippen LogP contribution in [0.5, 0.6) is 0 Å². The molecule has 7 heteroatoms. The topological polar surface area (TPSA) is 145 Å². The minimum absolute atomic E-state index is 0.662. The molecule has 0 unspecified atom stereocenters. The van der Waals surface area contributed by atoms with E-state index in [1.165, 1.54) is 0 Å². The Bertz CT molecular complexity index is 166. The molecule has 0 rings (SSSR count). The Labute approximate surface area is 75.3 Å². The predicted molar refractivity (Wildman–Crippen MR) is 45.8 cm³/mol. The van der Waals surface area contributed by atoms with Gasteiger partial charge in [0.1, 0.15) is 18.3 Å². The predicted octanol–water partition coefficient (Wildman–Crippen LogP) is -3.67. The van der Waals surface area contributed by atoms with Gasteiger partial charge in [0.25, 0.3) is 0 Å². The standard InChI is InChI=1S/C6H15N3O4/c7-3(1-9-8)5(12)6(13)4(11)2-10/h1,3-6,10-13H,2,7-8H2/t3-,4+,5+,6+/m0/s1. The van der Waals surface area contributed by atoms with Gasteiger partial charge in [-0.2, -0.15) is 5.10 Å². The van der Waals surface area contributed by atoms with Gasteiger partial charge in [-0.05, 0) is 0 Å². The van der Waals surface area contributed by atoms with Crippen molar-refractivity contribution in [3.8, 4) is 0 Å². The normalized spacial score (nSPS) is 21.3. The summed E-state index contributed by atoms with van der Waals surface area (Å²) in [6, 6.07) is -0.985. The Balaban J connectivity index is 4.15. The second-order valence-electron chi connectivity index (χ2n) is 2.61. The van der Waals surface area contributed by atoms with Crippen LogP contribution in [-0.4, -0.2) is 57.6 Å². The molecule has 0 saturated heterocycles. The van der Waals surface area contributed by atoms with Crippen LogP contribution in [0.1, 0.15) is 0 Å². The largest absolute Gasteiger partial charge is 0.394 e. The van der Waals surface area contributed by atoms with E-state index in [1.54, 1.807) is 0 Å². The van der Waals surface area contributed by atoms with Crippen LogP contribution < -0.4 is 11.6 Å². The Kier molecular flexibility index (Phi) is 5.51. The molecule has 0 spiro atoms. The summed E-state index contributed by atoms with van der Waals surface area (Å²) >= 11 is 0. The third-order valence-electron chi connectivity index (χ3n) is 1.58. The molecule has 0 amide bonds. The second-order valence-corrected chi connectivity index (χ2v) is 2.61. The van der Waals surface area contributed by atoms with Gasteiger partial charge >= 0.3 is 0 Å². The number of nitrogens with zero attached hydrogens (tertiary/aromatic N) is 1. The number of nitrogens with two attached hydrogens (primary N) is 2. The Morgan fingerprint density at radius 3 is 2.15 bits per heavy atom. The maximum Gasteiger partial charge on any atom is 0.110 e. The molecule has 0 aliphatic carbocycles. The zero-order chi connectivity index (χ0) is 10.4. The summed E-state index contributed by atoms with van der Waals surface area (Å²) in [6.07, 6.45) is -3.36. The van der Waals surface area contributed by atoms with E-state index < -0.39 is 31.0 Å². The lowest BCUT2D eigenvalue weighted by Gasteiger charge is -2.23. The van der Waals surface area contributed by atoms with Gasteiger partial charge in [-0.1, -0.05) is 0 Å². The van der Waals surface area contributed by atoms with E-state index in [0.717, 1.165) is 6.21 Å². The maximum absolute atomic E-state index is 9.23. The molecule has 0 fully saturated rings. The smallest absolute Gasteiger partial charge is 0.110 e. The van der Waals surface area contributed by atoms with Crippen LogP contribution in [0.3, 0.4) is 0 Å². The molecule has 0 saturated carbocycles. The first kappa shape index (κ1) is 12.3. The van der Waals surface area contributed by atoms with Crippen molar-refractivity contribution < 1.29 is 20.4 Å². The van der Waals surface area contributed by atoms with Crippen LogP contribution in [-0.2, 0) is 0 Å². The van der Waals surface area contributed by atoms with Gasteiger partial charge < -0.3 is 32.0 Å². The highest BCUT2D eigenvalue weighted by atomic mass is 16.4. The van der Waals surface area contributed by atoms with Gasteiger partial charge in [0.2, 0.25) is 0 Å². The van der Waals surface area contributed by atoms with Crippen molar-refractivity contribution in [1.29, 1.82) is 0 Å². The van der Waals surface area contributed by atoms with Crippen LogP contribution in [0.25, 0.3) is 0 Å². The maximum atomic E-state index is 9.23. The zero-order valence-corrected chi connectivity index (χ0v) is 6.98. The van der Waals surface area contributed by atoms with Crippen molar-refractivity contribution in [1.82, 2.24) is 0 Å². The Morgan fingerprint density at radius 1 is 1.23 bits per heavy atom. The third-order valence-corrected chi connectivity index (χ3v) is 1.58. The highest BCUT2D eigenvalue weighted by molar-refractivity contribution is 5.64. The van der Waals surface area contributed by atoms with Crippen molar-refractivity contribution in [2.24, 2.45) is 16.7 Å². The SMILES string of the molecule is NN=C[C@H](N)[C@@H](O)[C@H](O)[C@H](O)CO. The van der Waals surface area contributed by atoms with Gasteiger partial charge in [0.05, 0.1) is 12.6 Å². The summed E-state index contributed by atoms with van der Waals surface area (Å²) < 4.78 is 0.